The number of rotatable bonds is 4. The van der Waals surface area contributed by atoms with Crippen LogP contribution in [0.25, 0.3) is 16.6 Å². The number of aromatic nitrogens is 4. The number of nitrogens with zero attached hydrogens (tertiary/aromatic N) is 4. The van der Waals surface area contributed by atoms with Crippen LogP contribution in [0.5, 0.6) is 0 Å². The second-order valence-electron chi connectivity index (χ2n) is 9.14. The summed E-state index contributed by atoms with van der Waals surface area (Å²) in [5, 5.41) is 4.17. The Morgan fingerprint density at radius 3 is 2.68 bits per heavy atom. The van der Waals surface area contributed by atoms with Gasteiger partial charge in [-0.15, -0.1) is 0 Å². The number of nitrogens with one attached hydrogen (secondary N) is 2. The highest BCUT2D eigenvalue weighted by atomic mass is 35.5. The molecule has 2 amide bonds. The van der Waals surface area contributed by atoms with Crippen molar-refractivity contribution >= 4 is 51.6 Å². The molecule has 6 rings (SSSR count). The van der Waals surface area contributed by atoms with Gasteiger partial charge in [0.1, 0.15) is 0 Å². The molecule has 4 heterocycles. The molecule has 37 heavy (non-hydrogen) atoms. The average Bonchev–Trinajstić information content (AvgIpc) is 3.55. The highest BCUT2D eigenvalue weighted by Crippen LogP contribution is 2.33. The molecule has 2 N–H and O–H groups in total. The molecule has 10 heteroatoms. The topological polar surface area (TPSA) is 95.4 Å². The van der Waals surface area contributed by atoms with Crippen molar-refractivity contribution in [2.75, 3.05) is 13.1 Å². The maximum absolute atomic E-state index is 13.6. The molecule has 1 fully saturated rings. The van der Waals surface area contributed by atoms with Crippen molar-refractivity contribution in [3.05, 3.63) is 100 Å². The number of hydrogen-bond acceptors (Lipinski definition) is 4. The van der Waals surface area contributed by atoms with Crippen LogP contribution in [0.15, 0.2) is 73.3 Å². The van der Waals surface area contributed by atoms with Gasteiger partial charge in [0.05, 0.1) is 40.7 Å². The Hall–Kier alpha value is -3.88. The lowest BCUT2D eigenvalue weighted by atomic mass is 9.85. The van der Waals surface area contributed by atoms with Gasteiger partial charge in [0.25, 0.3) is 11.8 Å². The highest BCUT2D eigenvalue weighted by molar-refractivity contribution is 6.34. The van der Waals surface area contributed by atoms with E-state index < -0.39 is 6.04 Å². The van der Waals surface area contributed by atoms with E-state index in [1.165, 1.54) is 0 Å². The molecule has 8 nitrogen and oxygen atoms in total. The van der Waals surface area contributed by atoms with Crippen molar-refractivity contribution in [3.8, 4) is 0 Å². The molecular weight excluding hydrogens is 511 g/mol. The Labute approximate surface area is 222 Å². The lowest BCUT2D eigenvalue weighted by molar-refractivity contribution is 0.0655. The first-order chi connectivity index (χ1) is 18.0. The van der Waals surface area contributed by atoms with Crippen LogP contribution in [-0.4, -0.2) is 55.2 Å². The van der Waals surface area contributed by atoms with Crippen molar-refractivity contribution in [1.82, 2.24) is 29.6 Å². The zero-order chi connectivity index (χ0) is 25.5. The zero-order valence-electron chi connectivity index (χ0n) is 19.6. The van der Waals surface area contributed by atoms with E-state index in [1.807, 2.05) is 53.1 Å². The Morgan fingerprint density at radius 1 is 1.05 bits per heavy atom. The molecule has 0 aliphatic carbocycles. The number of para-hydroxylation sites is 2. The summed E-state index contributed by atoms with van der Waals surface area (Å²) in [6, 6.07) is 16.1. The van der Waals surface area contributed by atoms with Gasteiger partial charge in [-0.3, -0.25) is 9.59 Å². The zero-order valence-corrected chi connectivity index (χ0v) is 21.1. The van der Waals surface area contributed by atoms with Gasteiger partial charge < -0.3 is 19.6 Å². The molecule has 0 radical (unpaired) electrons. The third-order valence-corrected chi connectivity index (χ3v) is 7.25. The fraction of sp³-hybridized carbons (Fsp3) is 0.185. The number of hydrogen-bond donors (Lipinski definition) is 2. The first-order valence-corrected chi connectivity index (χ1v) is 12.6. The second-order valence-corrected chi connectivity index (χ2v) is 10.0. The molecular formula is C27H22Cl2N6O2. The number of H-pyrrole nitrogens is 1. The molecule has 1 aliphatic rings. The fourth-order valence-electron chi connectivity index (χ4n) is 5.07. The first-order valence-electron chi connectivity index (χ1n) is 11.9. The number of piperidine rings is 1. The van der Waals surface area contributed by atoms with Crippen LogP contribution < -0.4 is 5.32 Å². The third-order valence-electron chi connectivity index (χ3n) is 6.82. The summed E-state index contributed by atoms with van der Waals surface area (Å²) >= 11 is 12.6. The highest BCUT2D eigenvalue weighted by Gasteiger charge is 2.35. The summed E-state index contributed by atoms with van der Waals surface area (Å²) in [5.41, 5.74) is 3.70. The number of fused-ring (bicyclic) bond motifs is 2. The predicted molar refractivity (Wildman–Crippen MR) is 142 cm³/mol. The number of carbonyl (C=O) groups excluding carboxylic acids is 2. The largest absolute Gasteiger partial charge is 0.344 e. The van der Waals surface area contributed by atoms with Crippen molar-refractivity contribution < 1.29 is 9.59 Å². The Bertz CT molecular complexity index is 1590. The van der Waals surface area contributed by atoms with Crippen LogP contribution in [0.3, 0.4) is 0 Å². The number of aromatic amines is 1. The van der Waals surface area contributed by atoms with Crippen molar-refractivity contribution in [3.63, 3.8) is 0 Å². The van der Waals surface area contributed by atoms with Crippen LogP contribution in [0.4, 0.5) is 0 Å². The predicted octanol–water partition coefficient (Wildman–Crippen LogP) is 4.95. The van der Waals surface area contributed by atoms with Gasteiger partial charge in [0.15, 0.2) is 5.82 Å². The summed E-state index contributed by atoms with van der Waals surface area (Å²) in [7, 11) is 0. The van der Waals surface area contributed by atoms with E-state index in [2.05, 4.69) is 20.3 Å². The summed E-state index contributed by atoms with van der Waals surface area (Å²) in [6.07, 6.45) is 5.81. The van der Waals surface area contributed by atoms with E-state index in [9.17, 15) is 9.59 Å². The summed E-state index contributed by atoms with van der Waals surface area (Å²) in [6.45, 7) is 0.828. The number of carbonyl (C=O) groups is 2. The number of amides is 2. The van der Waals surface area contributed by atoms with E-state index in [1.54, 1.807) is 29.6 Å². The summed E-state index contributed by atoms with van der Waals surface area (Å²) in [4.78, 5) is 40.3. The SMILES string of the molecule is O=C(N[C@@H]1CN(C(=O)c2cccn3cncc23)CC[C@H]1c1cc(Cl)cc(Cl)c1)c1nc2ccccc2[nH]1. The standard InChI is InChI=1S/C27H22Cl2N6O2/c28-17-10-16(11-18(29)12-17)19-7-9-34(27(37)20-4-3-8-35-15-30-13-24(20)35)14-23(19)33-26(36)25-31-21-5-1-2-6-22(21)32-25/h1-6,8,10-13,15,19,23H,7,9,14H2,(H,31,32)(H,33,36)/t19-,23+/m0/s1. The van der Waals surface area contributed by atoms with E-state index in [-0.39, 0.29) is 23.6 Å². The van der Waals surface area contributed by atoms with Crippen LogP contribution >= 0.6 is 23.2 Å². The number of halogens is 2. The minimum Gasteiger partial charge on any atom is -0.344 e. The molecule has 0 bridgehead atoms. The number of benzene rings is 2. The molecule has 3 aromatic heterocycles. The molecule has 0 spiro atoms. The van der Waals surface area contributed by atoms with E-state index >= 15 is 0 Å². The Kier molecular flexibility index (Phi) is 6.06. The molecule has 1 saturated heterocycles. The van der Waals surface area contributed by atoms with Gasteiger partial charge in [-0.2, -0.15) is 0 Å². The van der Waals surface area contributed by atoms with Crippen LogP contribution in [0.1, 0.15) is 38.9 Å². The van der Waals surface area contributed by atoms with Gasteiger partial charge >= 0.3 is 0 Å². The molecule has 0 saturated carbocycles. The van der Waals surface area contributed by atoms with Gasteiger partial charge in [-0.25, -0.2) is 9.97 Å². The molecule has 186 valence electrons. The van der Waals surface area contributed by atoms with Crippen LogP contribution in [-0.2, 0) is 0 Å². The second kappa shape index (κ2) is 9.53. The molecule has 0 unspecified atom stereocenters. The lowest BCUT2D eigenvalue weighted by Gasteiger charge is -2.39. The fourth-order valence-corrected chi connectivity index (χ4v) is 5.61. The third kappa shape index (κ3) is 4.54. The Morgan fingerprint density at radius 2 is 1.86 bits per heavy atom. The monoisotopic (exact) mass is 532 g/mol. The summed E-state index contributed by atoms with van der Waals surface area (Å²) < 4.78 is 1.81. The average molecular weight is 533 g/mol. The maximum atomic E-state index is 13.6. The van der Waals surface area contributed by atoms with E-state index in [0.717, 1.165) is 16.6 Å². The van der Waals surface area contributed by atoms with Crippen molar-refractivity contribution in [2.45, 2.75) is 18.4 Å². The maximum Gasteiger partial charge on any atom is 0.287 e. The first kappa shape index (κ1) is 23.5. The van der Waals surface area contributed by atoms with E-state index in [4.69, 9.17) is 23.2 Å². The van der Waals surface area contributed by atoms with Gasteiger partial charge in [-0.05, 0) is 54.4 Å². The molecule has 1 aliphatic heterocycles. The minimum atomic E-state index is -0.391. The minimum absolute atomic E-state index is 0.0978. The van der Waals surface area contributed by atoms with E-state index in [0.29, 0.717) is 40.6 Å². The quantitative estimate of drug-likeness (QED) is 0.342. The van der Waals surface area contributed by atoms with Crippen LogP contribution in [0.2, 0.25) is 10.0 Å². The number of imidazole rings is 2. The normalized spacial score (nSPS) is 17.8. The van der Waals surface area contributed by atoms with Gasteiger partial charge in [0, 0.05) is 35.2 Å². The van der Waals surface area contributed by atoms with Crippen LogP contribution in [0, 0.1) is 0 Å². The number of likely N-dealkylation sites (tertiary alicyclic amines) is 1. The van der Waals surface area contributed by atoms with Crippen molar-refractivity contribution in [2.24, 2.45) is 0 Å². The number of pyridine rings is 1. The van der Waals surface area contributed by atoms with Crippen molar-refractivity contribution in [1.29, 1.82) is 0 Å². The van der Waals surface area contributed by atoms with Gasteiger partial charge in [0.2, 0.25) is 0 Å². The molecule has 5 aromatic rings. The van der Waals surface area contributed by atoms with Gasteiger partial charge in [-0.1, -0.05) is 35.3 Å². The molecule has 2 aromatic carbocycles. The Balaban J connectivity index is 1.31. The summed E-state index contributed by atoms with van der Waals surface area (Å²) in [5.74, 6) is -0.334. The molecule has 2 atom stereocenters. The smallest absolute Gasteiger partial charge is 0.287 e. The lowest BCUT2D eigenvalue weighted by Crippen LogP contribution is -2.53.